The van der Waals surface area contributed by atoms with Crippen molar-refractivity contribution in [3.63, 3.8) is 0 Å². The van der Waals surface area contributed by atoms with E-state index in [2.05, 4.69) is 33.8 Å². The number of carbonyl (C=O) groups is 1. The molecule has 2 N–H and O–H groups in total. The smallest absolute Gasteiger partial charge is 0.224 e. The summed E-state index contributed by atoms with van der Waals surface area (Å²) < 4.78 is 1.87. The predicted octanol–water partition coefficient (Wildman–Crippen LogP) is 3.98. The molecule has 0 bridgehead atoms. The molecule has 170 valence electrons. The molecule has 1 saturated heterocycles. The monoisotopic (exact) mass is 538 g/mol. The minimum absolute atomic E-state index is 0. The molecule has 1 aliphatic rings. The zero-order valence-electron chi connectivity index (χ0n) is 19.0. The maximum Gasteiger partial charge on any atom is 0.224 e. The maximum atomic E-state index is 12.0. The van der Waals surface area contributed by atoms with Crippen molar-refractivity contribution in [2.75, 3.05) is 25.0 Å². The molecule has 1 aromatic carbocycles. The molecule has 8 heteroatoms. The van der Waals surface area contributed by atoms with Crippen molar-refractivity contribution in [2.24, 2.45) is 18.0 Å². The Bertz CT molecular complexity index is 878. The zero-order valence-corrected chi connectivity index (χ0v) is 21.3. The number of hydrogen-bond donors (Lipinski definition) is 2. The lowest BCUT2D eigenvalue weighted by Crippen LogP contribution is -2.40. The van der Waals surface area contributed by atoms with Crippen molar-refractivity contribution in [1.82, 2.24) is 20.0 Å². The van der Waals surface area contributed by atoms with Gasteiger partial charge in [-0.15, -0.1) is 24.0 Å². The van der Waals surface area contributed by atoms with Crippen LogP contribution in [0.3, 0.4) is 0 Å². The van der Waals surface area contributed by atoms with Gasteiger partial charge in [0.1, 0.15) is 0 Å². The molecule has 1 unspecified atom stereocenters. The fourth-order valence-corrected chi connectivity index (χ4v) is 3.80. The number of guanidine groups is 1. The molecule has 1 aromatic heterocycles. The Labute approximate surface area is 202 Å². The van der Waals surface area contributed by atoms with E-state index >= 15 is 0 Å². The number of likely N-dealkylation sites (tertiary alicyclic amines) is 1. The molecular formula is C23H35IN6O. The molecule has 3 rings (SSSR count). The molecular weight excluding hydrogens is 503 g/mol. The van der Waals surface area contributed by atoms with Crippen LogP contribution in [-0.2, 0) is 18.4 Å². The first-order chi connectivity index (χ1) is 14.4. The standard InChI is InChI=1S/C23H34N6O.HI/c1-5-24-23(29-10-9-19(16-29)20-14-26-28(4)15-20)25-13-18-7-6-8-21(12-18)27-22(30)11-17(2)3;/h6-8,12,14-15,17,19H,5,9-11,13,16H2,1-4H3,(H,24,25)(H,27,30);1H. The third kappa shape index (κ3) is 7.52. The van der Waals surface area contributed by atoms with Crippen molar-refractivity contribution < 1.29 is 4.79 Å². The van der Waals surface area contributed by atoms with Gasteiger partial charge in [-0.2, -0.15) is 5.10 Å². The number of aromatic nitrogens is 2. The second-order valence-corrected chi connectivity index (χ2v) is 8.40. The molecule has 1 fully saturated rings. The van der Waals surface area contributed by atoms with Crippen molar-refractivity contribution in [3.8, 4) is 0 Å². The number of aryl methyl sites for hydroxylation is 1. The molecule has 2 heterocycles. The van der Waals surface area contributed by atoms with Gasteiger partial charge in [0.05, 0.1) is 12.7 Å². The van der Waals surface area contributed by atoms with E-state index in [9.17, 15) is 4.79 Å². The maximum absolute atomic E-state index is 12.0. The average molecular weight is 538 g/mol. The van der Waals surface area contributed by atoms with Gasteiger partial charge in [-0.3, -0.25) is 9.48 Å². The van der Waals surface area contributed by atoms with Crippen LogP contribution in [0, 0.1) is 5.92 Å². The van der Waals surface area contributed by atoms with E-state index in [4.69, 9.17) is 4.99 Å². The van der Waals surface area contributed by atoms with Crippen molar-refractivity contribution >= 4 is 41.5 Å². The molecule has 1 atom stereocenters. The van der Waals surface area contributed by atoms with Crippen LogP contribution >= 0.6 is 24.0 Å². The van der Waals surface area contributed by atoms with Gasteiger partial charge < -0.3 is 15.5 Å². The van der Waals surface area contributed by atoms with Crippen LogP contribution in [0.1, 0.15) is 50.7 Å². The van der Waals surface area contributed by atoms with Gasteiger partial charge in [-0.05, 0) is 42.5 Å². The highest BCUT2D eigenvalue weighted by Gasteiger charge is 2.26. The summed E-state index contributed by atoms with van der Waals surface area (Å²) in [6.45, 7) is 9.52. The number of aliphatic imine (C=N–C) groups is 1. The van der Waals surface area contributed by atoms with Crippen molar-refractivity contribution in [3.05, 3.63) is 47.8 Å². The Morgan fingerprint density at radius 1 is 1.35 bits per heavy atom. The van der Waals surface area contributed by atoms with Gasteiger partial charge in [-0.1, -0.05) is 26.0 Å². The molecule has 0 saturated carbocycles. The van der Waals surface area contributed by atoms with Crippen LogP contribution in [-0.4, -0.2) is 46.2 Å². The predicted molar refractivity (Wildman–Crippen MR) is 137 cm³/mol. The minimum Gasteiger partial charge on any atom is -0.357 e. The highest BCUT2D eigenvalue weighted by Crippen LogP contribution is 2.26. The Morgan fingerprint density at radius 3 is 2.84 bits per heavy atom. The SMILES string of the molecule is CCNC(=NCc1cccc(NC(=O)CC(C)C)c1)N1CCC(c2cnn(C)c2)C1.I. The van der Waals surface area contributed by atoms with Crippen LogP contribution in [0.15, 0.2) is 41.7 Å². The van der Waals surface area contributed by atoms with Gasteiger partial charge >= 0.3 is 0 Å². The van der Waals surface area contributed by atoms with E-state index in [0.717, 1.165) is 43.3 Å². The number of nitrogens with zero attached hydrogens (tertiary/aromatic N) is 4. The van der Waals surface area contributed by atoms with Gasteiger partial charge in [0, 0.05) is 50.9 Å². The highest BCUT2D eigenvalue weighted by atomic mass is 127. The molecule has 1 amide bonds. The number of carbonyl (C=O) groups excluding carboxylic acids is 1. The summed E-state index contributed by atoms with van der Waals surface area (Å²) >= 11 is 0. The number of hydrogen-bond acceptors (Lipinski definition) is 3. The number of anilines is 1. The lowest BCUT2D eigenvalue weighted by atomic mass is 10.0. The van der Waals surface area contributed by atoms with Gasteiger partial charge in [-0.25, -0.2) is 4.99 Å². The lowest BCUT2D eigenvalue weighted by Gasteiger charge is -2.21. The Morgan fingerprint density at radius 2 is 2.16 bits per heavy atom. The first-order valence-electron chi connectivity index (χ1n) is 10.8. The van der Waals surface area contributed by atoms with E-state index in [1.54, 1.807) is 0 Å². The summed E-state index contributed by atoms with van der Waals surface area (Å²) in [6.07, 6.45) is 5.71. The third-order valence-corrected chi connectivity index (χ3v) is 5.23. The molecule has 0 aliphatic carbocycles. The van der Waals surface area contributed by atoms with Crippen LogP contribution in [0.25, 0.3) is 0 Å². The third-order valence-electron chi connectivity index (χ3n) is 5.23. The van der Waals surface area contributed by atoms with Crippen molar-refractivity contribution in [1.29, 1.82) is 0 Å². The average Bonchev–Trinajstić information content (AvgIpc) is 3.34. The first kappa shape index (κ1) is 25.2. The van der Waals surface area contributed by atoms with E-state index in [0.29, 0.717) is 24.8 Å². The van der Waals surface area contributed by atoms with E-state index < -0.39 is 0 Å². The summed E-state index contributed by atoms with van der Waals surface area (Å²) in [4.78, 5) is 19.2. The van der Waals surface area contributed by atoms with Crippen LogP contribution < -0.4 is 10.6 Å². The first-order valence-corrected chi connectivity index (χ1v) is 10.8. The molecule has 2 aromatic rings. The largest absolute Gasteiger partial charge is 0.357 e. The topological polar surface area (TPSA) is 74.6 Å². The molecule has 0 radical (unpaired) electrons. The normalized spacial score (nSPS) is 16.4. The summed E-state index contributed by atoms with van der Waals surface area (Å²) in [7, 11) is 1.96. The summed E-state index contributed by atoms with van der Waals surface area (Å²) in [6, 6.07) is 7.95. The Hall–Kier alpha value is -2.10. The number of halogens is 1. The van der Waals surface area contributed by atoms with E-state index in [1.165, 1.54) is 5.56 Å². The second kappa shape index (κ2) is 12.1. The fourth-order valence-electron chi connectivity index (χ4n) is 3.80. The molecule has 1 aliphatic heterocycles. The fraction of sp³-hybridized carbons (Fsp3) is 0.522. The van der Waals surface area contributed by atoms with Crippen LogP contribution in [0.2, 0.25) is 0 Å². The molecule has 31 heavy (non-hydrogen) atoms. The zero-order chi connectivity index (χ0) is 21.5. The Balaban J connectivity index is 0.00000341. The van der Waals surface area contributed by atoms with Crippen molar-refractivity contribution in [2.45, 2.75) is 46.1 Å². The van der Waals surface area contributed by atoms with Gasteiger partial charge in [0.2, 0.25) is 5.91 Å². The van der Waals surface area contributed by atoms with Crippen LogP contribution in [0.5, 0.6) is 0 Å². The number of rotatable bonds is 7. The summed E-state index contributed by atoms with van der Waals surface area (Å²) in [5, 5.41) is 10.7. The summed E-state index contributed by atoms with van der Waals surface area (Å²) in [5.41, 5.74) is 3.20. The number of nitrogens with one attached hydrogen (secondary N) is 2. The van der Waals surface area contributed by atoms with E-state index in [1.807, 2.05) is 56.0 Å². The number of benzene rings is 1. The highest BCUT2D eigenvalue weighted by molar-refractivity contribution is 14.0. The van der Waals surface area contributed by atoms with Gasteiger partial charge in [0.25, 0.3) is 0 Å². The molecule has 7 nitrogen and oxygen atoms in total. The second-order valence-electron chi connectivity index (χ2n) is 8.40. The summed E-state index contributed by atoms with van der Waals surface area (Å²) in [5.74, 6) is 1.83. The van der Waals surface area contributed by atoms with Crippen LogP contribution in [0.4, 0.5) is 5.69 Å². The quantitative estimate of drug-likeness (QED) is 0.318. The Kier molecular flexibility index (Phi) is 9.80. The van der Waals surface area contributed by atoms with Gasteiger partial charge in [0.15, 0.2) is 5.96 Å². The minimum atomic E-state index is 0. The van der Waals surface area contributed by atoms with E-state index in [-0.39, 0.29) is 29.9 Å². The molecule has 0 spiro atoms. The lowest BCUT2D eigenvalue weighted by molar-refractivity contribution is -0.116. The number of amides is 1.